The minimum Gasteiger partial charge on any atom is -0.365 e. The van der Waals surface area contributed by atoms with Crippen molar-refractivity contribution < 1.29 is 14.5 Å². The van der Waals surface area contributed by atoms with E-state index in [-0.39, 0.29) is 5.91 Å². The van der Waals surface area contributed by atoms with E-state index < -0.39 is 5.91 Å². The number of nitrogens with two attached hydrogens (primary N) is 1. The van der Waals surface area contributed by atoms with Crippen molar-refractivity contribution in [1.82, 2.24) is 4.57 Å². The van der Waals surface area contributed by atoms with Gasteiger partial charge in [-0.25, -0.2) is 0 Å². The van der Waals surface area contributed by atoms with Crippen molar-refractivity contribution in [2.75, 3.05) is 18.4 Å². The van der Waals surface area contributed by atoms with Crippen molar-refractivity contribution in [2.45, 2.75) is 44.6 Å². The number of amides is 2. The second kappa shape index (κ2) is 7.48. The SMILES string of the molecule is Cn1cccc1[C@@H]1CCC[NH+]1CC(=O)Nc1sc2c(c1C(N)=O)CCCC2. The van der Waals surface area contributed by atoms with E-state index >= 15 is 0 Å². The molecule has 1 saturated heterocycles. The third kappa shape index (κ3) is 3.53. The molecular weight excluding hydrogens is 360 g/mol. The number of likely N-dealkylation sites (tertiary alicyclic amines) is 1. The molecule has 2 aliphatic rings. The molecule has 2 aromatic rings. The van der Waals surface area contributed by atoms with Crippen LogP contribution in [-0.4, -0.2) is 29.5 Å². The van der Waals surface area contributed by atoms with Gasteiger partial charge in [-0.05, 0) is 43.4 Å². The molecule has 0 aromatic carbocycles. The highest BCUT2D eigenvalue weighted by atomic mass is 32.1. The number of carbonyl (C=O) groups excluding carboxylic acids is 2. The van der Waals surface area contributed by atoms with Crippen molar-refractivity contribution >= 4 is 28.2 Å². The summed E-state index contributed by atoms with van der Waals surface area (Å²) in [6, 6.07) is 4.55. The Morgan fingerprint density at radius 1 is 1.33 bits per heavy atom. The van der Waals surface area contributed by atoms with Gasteiger partial charge in [0.1, 0.15) is 11.0 Å². The number of aryl methyl sites for hydroxylation is 2. The van der Waals surface area contributed by atoms with Crippen LogP contribution in [0.15, 0.2) is 18.3 Å². The molecule has 144 valence electrons. The molecule has 1 fully saturated rings. The van der Waals surface area contributed by atoms with E-state index in [1.54, 1.807) is 0 Å². The molecule has 0 spiro atoms. The fourth-order valence-corrected chi connectivity index (χ4v) is 5.92. The van der Waals surface area contributed by atoms with E-state index in [2.05, 4.69) is 35.3 Å². The van der Waals surface area contributed by atoms with E-state index in [9.17, 15) is 9.59 Å². The molecular formula is C20H27N4O2S+. The number of hydrogen-bond donors (Lipinski definition) is 3. The fourth-order valence-electron chi connectivity index (χ4n) is 4.61. The maximum absolute atomic E-state index is 12.8. The number of carbonyl (C=O) groups is 2. The van der Waals surface area contributed by atoms with Crippen molar-refractivity contribution in [3.8, 4) is 0 Å². The topological polar surface area (TPSA) is 81.6 Å². The van der Waals surface area contributed by atoms with Crippen molar-refractivity contribution in [3.05, 3.63) is 40.0 Å². The first kappa shape index (κ1) is 18.3. The van der Waals surface area contributed by atoms with E-state index in [4.69, 9.17) is 5.73 Å². The lowest BCUT2D eigenvalue weighted by molar-refractivity contribution is -0.910. The van der Waals surface area contributed by atoms with Gasteiger partial charge in [-0.15, -0.1) is 11.3 Å². The quantitative estimate of drug-likeness (QED) is 0.725. The monoisotopic (exact) mass is 387 g/mol. The lowest BCUT2D eigenvalue weighted by Crippen LogP contribution is -3.11. The number of nitrogens with one attached hydrogen (secondary N) is 2. The number of nitrogens with zero attached hydrogens (tertiary/aromatic N) is 1. The summed E-state index contributed by atoms with van der Waals surface area (Å²) < 4.78 is 2.15. The number of quaternary nitrogens is 1. The maximum atomic E-state index is 12.8. The highest BCUT2D eigenvalue weighted by Gasteiger charge is 2.33. The standard InChI is InChI=1S/C20H26N4O2S/c1-23-10-4-7-14(23)15-8-5-11-24(15)12-17(25)22-20-18(19(21)26)13-6-2-3-9-16(13)27-20/h4,7,10,15H,2-3,5-6,8-9,11-12H2,1H3,(H2,21,26)(H,22,25)/p+1/t15-/m0/s1. The van der Waals surface area contributed by atoms with Gasteiger partial charge in [-0.3, -0.25) is 9.59 Å². The molecule has 7 heteroatoms. The molecule has 2 amide bonds. The molecule has 4 N–H and O–H groups in total. The van der Waals surface area contributed by atoms with Crippen molar-refractivity contribution in [3.63, 3.8) is 0 Å². The van der Waals surface area contributed by atoms with E-state index in [1.807, 2.05) is 0 Å². The molecule has 0 radical (unpaired) electrons. The van der Waals surface area contributed by atoms with Gasteiger partial charge in [0.2, 0.25) is 0 Å². The number of fused-ring (bicyclic) bond motifs is 1. The zero-order chi connectivity index (χ0) is 19.0. The Bertz CT molecular complexity index is 869. The maximum Gasteiger partial charge on any atom is 0.280 e. The number of rotatable bonds is 5. The molecule has 2 atom stereocenters. The predicted molar refractivity (Wildman–Crippen MR) is 106 cm³/mol. The summed E-state index contributed by atoms with van der Waals surface area (Å²) in [7, 11) is 2.06. The molecule has 0 saturated carbocycles. The Kier molecular flexibility index (Phi) is 5.06. The number of anilines is 1. The normalized spacial score (nSPS) is 21.8. The summed E-state index contributed by atoms with van der Waals surface area (Å²) in [4.78, 5) is 27.3. The average molecular weight is 388 g/mol. The first-order chi connectivity index (χ1) is 13.0. The van der Waals surface area contributed by atoms with Gasteiger partial charge in [0.05, 0.1) is 17.8 Å². The Labute approximate surface area is 163 Å². The molecule has 0 bridgehead atoms. The first-order valence-corrected chi connectivity index (χ1v) is 10.6. The molecule has 1 aliphatic carbocycles. The summed E-state index contributed by atoms with van der Waals surface area (Å²) >= 11 is 1.53. The van der Waals surface area contributed by atoms with Crippen LogP contribution in [0.5, 0.6) is 0 Å². The fraction of sp³-hybridized carbons (Fsp3) is 0.500. The molecule has 1 aliphatic heterocycles. The van der Waals surface area contributed by atoms with Crippen LogP contribution in [0.2, 0.25) is 0 Å². The van der Waals surface area contributed by atoms with Gasteiger partial charge >= 0.3 is 0 Å². The van der Waals surface area contributed by atoms with Crippen LogP contribution >= 0.6 is 11.3 Å². The van der Waals surface area contributed by atoms with E-state index in [0.717, 1.165) is 50.6 Å². The second-order valence-corrected chi connectivity index (χ2v) is 8.76. The van der Waals surface area contributed by atoms with Gasteiger partial charge in [0, 0.05) is 31.0 Å². The molecule has 27 heavy (non-hydrogen) atoms. The van der Waals surface area contributed by atoms with Crippen LogP contribution in [0.4, 0.5) is 5.00 Å². The number of thiophene rings is 1. The Morgan fingerprint density at radius 2 is 2.15 bits per heavy atom. The minimum absolute atomic E-state index is 0.0350. The van der Waals surface area contributed by atoms with E-state index in [0.29, 0.717) is 23.2 Å². The molecule has 2 aromatic heterocycles. The lowest BCUT2D eigenvalue weighted by Gasteiger charge is -2.21. The third-order valence-corrected chi connectivity index (χ3v) is 7.09. The van der Waals surface area contributed by atoms with Crippen LogP contribution in [0.25, 0.3) is 0 Å². The molecule has 4 rings (SSSR count). The van der Waals surface area contributed by atoms with E-state index in [1.165, 1.54) is 26.8 Å². The minimum atomic E-state index is -0.431. The summed E-state index contributed by atoms with van der Waals surface area (Å²) in [6.45, 7) is 1.41. The van der Waals surface area contributed by atoms with Crippen LogP contribution in [0.1, 0.15) is 58.2 Å². The summed E-state index contributed by atoms with van der Waals surface area (Å²) in [5.41, 5.74) is 8.51. The average Bonchev–Trinajstić information content (AvgIpc) is 3.32. The third-order valence-electron chi connectivity index (χ3n) is 5.88. The lowest BCUT2D eigenvalue weighted by atomic mass is 9.95. The van der Waals surface area contributed by atoms with Crippen molar-refractivity contribution in [2.24, 2.45) is 12.8 Å². The molecule has 1 unspecified atom stereocenters. The smallest absolute Gasteiger partial charge is 0.280 e. The Balaban J connectivity index is 1.49. The van der Waals surface area contributed by atoms with Gasteiger partial charge in [0.25, 0.3) is 11.8 Å². The zero-order valence-corrected chi connectivity index (χ0v) is 16.5. The summed E-state index contributed by atoms with van der Waals surface area (Å²) in [5, 5.41) is 3.65. The number of primary amides is 1. The van der Waals surface area contributed by atoms with Gasteiger partial charge in [0.15, 0.2) is 6.54 Å². The Morgan fingerprint density at radius 3 is 2.89 bits per heavy atom. The second-order valence-electron chi connectivity index (χ2n) is 7.65. The van der Waals surface area contributed by atoms with Crippen LogP contribution in [0, 0.1) is 0 Å². The number of hydrogen-bond acceptors (Lipinski definition) is 3. The van der Waals surface area contributed by atoms with Crippen LogP contribution < -0.4 is 16.0 Å². The molecule has 6 nitrogen and oxygen atoms in total. The summed E-state index contributed by atoms with van der Waals surface area (Å²) in [5.74, 6) is -0.466. The predicted octanol–water partition coefficient (Wildman–Crippen LogP) is 1.42. The highest BCUT2D eigenvalue weighted by Crippen LogP contribution is 2.37. The van der Waals surface area contributed by atoms with Crippen LogP contribution in [-0.2, 0) is 24.7 Å². The van der Waals surface area contributed by atoms with Crippen LogP contribution in [0.3, 0.4) is 0 Å². The van der Waals surface area contributed by atoms with Gasteiger partial charge in [-0.2, -0.15) is 0 Å². The largest absolute Gasteiger partial charge is 0.365 e. The summed E-state index contributed by atoms with van der Waals surface area (Å²) in [6.07, 6.45) is 8.35. The highest BCUT2D eigenvalue weighted by molar-refractivity contribution is 7.17. The number of aromatic nitrogens is 1. The van der Waals surface area contributed by atoms with Crippen molar-refractivity contribution in [1.29, 1.82) is 0 Å². The Hall–Kier alpha value is -2.12. The first-order valence-electron chi connectivity index (χ1n) is 9.74. The zero-order valence-electron chi connectivity index (χ0n) is 15.7. The van der Waals surface area contributed by atoms with Gasteiger partial charge < -0.3 is 20.5 Å². The van der Waals surface area contributed by atoms with Gasteiger partial charge in [-0.1, -0.05) is 0 Å². The molecule has 3 heterocycles.